The molecule has 0 saturated heterocycles. The topological polar surface area (TPSA) is 55.5 Å². The van der Waals surface area contributed by atoms with Crippen LogP contribution in [0, 0.1) is 0 Å². The van der Waals surface area contributed by atoms with Gasteiger partial charge in [0, 0.05) is 11.8 Å². The highest BCUT2D eigenvalue weighted by Crippen LogP contribution is 2.24. The quantitative estimate of drug-likeness (QED) is 0.595. The van der Waals surface area contributed by atoms with E-state index in [0.717, 1.165) is 31.4 Å². The summed E-state index contributed by atoms with van der Waals surface area (Å²) in [6.45, 7) is 0. The summed E-state index contributed by atoms with van der Waals surface area (Å²) in [7, 11) is 0. The number of nitrogen functional groups attached to an aromatic ring is 1. The third-order valence-corrected chi connectivity index (χ3v) is 3.06. The van der Waals surface area contributed by atoms with Crippen molar-refractivity contribution in [1.29, 1.82) is 0 Å². The maximum Gasteiger partial charge on any atom is 0.124 e. The molecule has 1 fully saturated rings. The molecular weight excluding hydrogens is 202 g/mol. The molecule has 0 spiro atoms. The van der Waals surface area contributed by atoms with Gasteiger partial charge in [0.15, 0.2) is 0 Å². The van der Waals surface area contributed by atoms with Crippen LogP contribution in [0.2, 0.25) is 0 Å². The highest BCUT2D eigenvalue weighted by atomic mass is 16.5. The first-order chi connectivity index (χ1) is 7.75. The van der Waals surface area contributed by atoms with E-state index in [2.05, 4.69) is 0 Å². The molecule has 1 aromatic carbocycles. The van der Waals surface area contributed by atoms with Crippen LogP contribution in [0.25, 0.3) is 0 Å². The lowest BCUT2D eigenvalue weighted by molar-refractivity contribution is 0.0320. The van der Waals surface area contributed by atoms with Crippen molar-refractivity contribution >= 4 is 5.69 Å². The Morgan fingerprint density at radius 1 is 1.19 bits per heavy atom. The molecule has 16 heavy (non-hydrogen) atoms. The van der Waals surface area contributed by atoms with Crippen LogP contribution in [-0.4, -0.2) is 17.3 Å². The lowest BCUT2D eigenvalue weighted by Crippen LogP contribution is -2.30. The maximum absolute atomic E-state index is 9.92. The van der Waals surface area contributed by atoms with E-state index in [-0.39, 0.29) is 12.2 Å². The van der Waals surface area contributed by atoms with Crippen LogP contribution < -0.4 is 10.5 Å². The molecule has 3 heteroatoms. The molecular formula is C13H19NO2. The van der Waals surface area contributed by atoms with E-state index >= 15 is 0 Å². The van der Waals surface area contributed by atoms with Gasteiger partial charge in [-0.05, 0) is 31.4 Å². The maximum atomic E-state index is 9.92. The Labute approximate surface area is 96.2 Å². The summed E-state index contributed by atoms with van der Waals surface area (Å²) in [5.41, 5.74) is 6.38. The van der Waals surface area contributed by atoms with Crippen molar-refractivity contribution in [2.75, 3.05) is 5.73 Å². The van der Waals surface area contributed by atoms with Gasteiger partial charge >= 0.3 is 0 Å². The van der Waals surface area contributed by atoms with Crippen molar-refractivity contribution in [1.82, 2.24) is 0 Å². The molecule has 2 unspecified atom stereocenters. The highest BCUT2D eigenvalue weighted by molar-refractivity contribution is 5.43. The van der Waals surface area contributed by atoms with Gasteiger partial charge in [-0.25, -0.2) is 0 Å². The number of aliphatic hydroxyl groups is 1. The summed E-state index contributed by atoms with van der Waals surface area (Å²) < 4.78 is 5.80. The third kappa shape index (κ3) is 2.89. The number of benzene rings is 1. The average molecular weight is 221 g/mol. The number of nitrogens with two attached hydrogens (primary N) is 1. The van der Waals surface area contributed by atoms with E-state index in [1.54, 1.807) is 6.07 Å². The van der Waals surface area contributed by atoms with Crippen LogP contribution in [0.4, 0.5) is 5.69 Å². The fourth-order valence-corrected chi connectivity index (χ4v) is 2.15. The molecule has 0 aromatic heterocycles. The number of hydrogen-bond donors (Lipinski definition) is 2. The first kappa shape index (κ1) is 11.3. The molecule has 3 nitrogen and oxygen atoms in total. The van der Waals surface area contributed by atoms with E-state index in [9.17, 15) is 5.11 Å². The number of hydrogen-bond acceptors (Lipinski definition) is 3. The van der Waals surface area contributed by atoms with Crippen molar-refractivity contribution in [3.8, 4) is 5.75 Å². The Kier molecular flexibility index (Phi) is 3.67. The Balaban J connectivity index is 2.02. The summed E-state index contributed by atoms with van der Waals surface area (Å²) in [6.07, 6.45) is 4.76. The summed E-state index contributed by atoms with van der Waals surface area (Å²) in [6, 6.07) is 7.38. The SMILES string of the molecule is Nc1cccc(OC2CCCCCC2O)c1. The lowest BCUT2D eigenvalue weighted by Gasteiger charge is -2.22. The highest BCUT2D eigenvalue weighted by Gasteiger charge is 2.23. The predicted octanol–water partition coefficient (Wildman–Crippen LogP) is 2.34. The Bertz CT molecular complexity index is 340. The summed E-state index contributed by atoms with van der Waals surface area (Å²) in [4.78, 5) is 0. The van der Waals surface area contributed by atoms with Crippen LogP contribution in [0.5, 0.6) is 5.75 Å². The molecule has 1 saturated carbocycles. The minimum atomic E-state index is -0.344. The fraction of sp³-hybridized carbons (Fsp3) is 0.538. The van der Waals surface area contributed by atoms with Crippen molar-refractivity contribution < 1.29 is 9.84 Å². The smallest absolute Gasteiger partial charge is 0.124 e. The molecule has 1 aliphatic rings. The van der Waals surface area contributed by atoms with Gasteiger partial charge in [-0.15, -0.1) is 0 Å². The van der Waals surface area contributed by atoms with Gasteiger partial charge in [0.05, 0.1) is 6.10 Å². The van der Waals surface area contributed by atoms with E-state index in [1.807, 2.05) is 18.2 Å². The minimum Gasteiger partial charge on any atom is -0.488 e. The van der Waals surface area contributed by atoms with Gasteiger partial charge in [0.1, 0.15) is 11.9 Å². The molecule has 0 amide bonds. The van der Waals surface area contributed by atoms with E-state index in [4.69, 9.17) is 10.5 Å². The number of anilines is 1. The molecule has 0 heterocycles. The predicted molar refractivity (Wildman–Crippen MR) is 64.4 cm³/mol. The van der Waals surface area contributed by atoms with E-state index < -0.39 is 0 Å². The van der Waals surface area contributed by atoms with Gasteiger partial charge in [-0.1, -0.05) is 18.9 Å². The van der Waals surface area contributed by atoms with Crippen LogP contribution >= 0.6 is 0 Å². The first-order valence-electron chi connectivity index (χ1n) is 5.96. The Morgan fingerprint density at radius 3 is 2.81 bits per heavy atom. The van der Waals surface area contributed by atoms with Crippen molar-refractivity contribution in [2.24, 2.45) is 0 Å². The fourth-order valence-electron chi connectivity index (χ4n) is 2.15. The Morgan fingerprint density at radius 2 is 2.00 bits per heavy atom. The molecule has 0 radical (unpaired) electrons. The van der Waals surface area contributed by atoms with Crippen molar-refractivity contribution in [3.63, 3.8) is 0 Å². The van der Waals surface area contributed by atoms with Gasteiger partial charge in [-0.2, -0.15) is 0 Å². The number of rotatable bonds is 2. The van der Waals surface area contributed by atoms with Gasteiger partial charge < -0.3 is 15.6 Å². The normalized spacial score (nSPS) is 26.1. The molecule has 88 valence electrons. The van der Waals surface area contributed by atoms with Crippen LogP contribution in [0.3, 0.4) is 0 Å². The van der Waals surface area contributed by atoms with Gasteiger partial charge in [0.25, 0.3) is 0 Å². The monoisotopic (exact) mass is 221 g/mol. The molecule has 0 bridgehead atoms. The third-order valence-electron chi connectivity index (χ3n) is 3.06. The van der Waals surface area contributed by atoms with Crippen molar-refractivity contribution in [2.45, 2.75) is 44.3 Å². The van der Waals surface area contributed by atoms with Crippen molar-refractivity contribution in [3.05, 3.63) is 24.3 Å². The molecule has 2 atom stereocenters. The molecule has 2 rings (SSSR count). The molecule has 1 aliphatic carbocycles. The second-order valence-electron chi connectivity index (χ2n) is 4.43. The van der Waals surface area contributed by atoms with Crippen LogP contribution in [0.15, 0.2) is 24.3 Å². The molecule has 3 N–H and O–H groups in total. The van der Waals surface area contributed by atoms with Gasteiger partial charge in [-0.3, -0.25) is 0 Å². The average Bonchev–Trinajstić information content (AvgIpc) is 2.45. The Hall–Kier alpha value is -1.22. The summed E-state index contributed by atoms with van der Waals surface area (Å²) >= 11 is 0. The summed E-state index contributed by atoms with van der Waals surface area (Å²) in [5.74, 6) is 0.756. The second kappa shape index (κ2) is 5.21. The first-order valence-corrected chi connectivity index (χ1v) is 5.96. The van der Waals surface area contributed by atoms with E-state index in [0.29, 0.717) is 5.69 Å². The lowest BCUT2D eigenvalue weighted by atomic mass is 10.1. The van der Waals surface area contributed by atoms with Crippen LogP contribution in [0.1, 0.15) is 32.1 Å². The molecule has 0 aliphatic heterocycles. The zero-order chi connectivity index (χ0) is 11.4. The largest absolute Gasteiger partial charge is 0.488 e. The van der Waals surface area contributed by atoms with Crippen LogP contribution in [-0.2, 0) is 0 Å². The van der Waals surface area contributed by atoms with Gasteiger partial charge in [0.2, 0.25) is 0 Å². The zero-order valence-corrected chi connectivity index (χ0v) is 9.43. The zero-order valence-electron chi connectivity index (χ0n) is 9.43. The molecule has 1 aromatic rings. The minimum absolute atomic E-state index is 0.0794. The second-order valence-corrected chi connectivity index (χ2v) is 4.43. The number of aliphatic hydroxyl groups excluding tert-OH is 1. The standard InChI is InChI=1S/C13H19NO2/c14-10-5-4-6-11(9-10)16-13-8-3-1-2-7-12(13)15/h4-6,9,12-13,15H,1-3,7-8,14H2. The van der Waals surface area contributed by atoms with E-state index in [1.165, 1.54) is 6.42 Å². The number of ether oxygens (including phenoxy) is 1. The summed E-state index contributed by atoms with van der Waals surface area (Å²) in [5, 5.41) is 9.92.